The highest BCUT2D eigenvalue weighted by Gasteiger charge is 2.16. The highest BCUT2D eigenvalue weighted by molar-refractivity contribution is 9.10. The average molecular weight is 326 g/mol. The van der Waals surface area contributed by atoms with E-state index in [0.717, 1.165) is 28.4 Å². The van der Waals surface area contributed by atoms with E-state index in [-0.39, 0.29) is 0 Å². The Hall–Kier alpha value is -0.740. The number of halogens is 1. The quantitative estimate of drug-likeness (QED) is 0.640. The van der Waals surface area contributed by atoms with Gasteiger partial charge >= 0.3 is 0 Å². The number of nitrogens with two attached hydrogens (primary N) is 1. The molecule has 1 aliphatic heterocycles. The van der Waals surface area contributed by atoms with Crippen molar-refractivity contribution in [2.45, 2.75) is 38.6 Å². The van der Waals surface area contributed by atoms with Crippen molar-refractivity contribution in [1.82, 2.24) is 4.90 Å². The molecule has 0 spiro atoms. The summed E-state index contributed by atoms with van der Waals surface area (Å²) in [5, 5.41) is 3.42. The monoisotopic (exact) mass is 325 g/mol. The van der Waals surface area contributed by atoms with Gasteiger partial charge in [0.1, 0.15) is 0 Å². The van der Waals surface area contributed by atoms with Crippen LogP contribution in [0.3, 0.4) is 0 Å². The summed E-state index contributed by atoms with van der Waals surface area (Å²) in [5.41, 5.74) is 7.81. The molecule has 1 fully saturated rings. The minimum atomic E-state index is 0.756. The Balaban J connectivity index is 1.71. The number of benzene rings is 1. The van der Waals surface area contributed by atoms with Crippen LogP contribution in [0, 0.1) is 0 Å². The lowest BCUT2D eigenvalue weighted by molar-refractivity contribution is 0.160. The van der Waals surface area contributed by atoms with Gasteiger partial charge in [-0.1, -0.05) is 22.4 Å². The van der Waals surface area contributed by atoms with Crippen molar-refractivity contribution in [3.8, 4) is 0 Å². The molecule has 2 rings (SSSR count). The number of piperidine rings is 1. The molecule has 19 heavy (non-hydrogen) atoms. The number of hydrogen-bond acceptors (Lipinski definition) is 3. The summed E-state index contributed by atoms with van der Waals surface area (Å²) >= 11 is 3.42. The van der Waals surface area contributed by atoms with Gasteiger partial charge in [-0.3, -0.25) is 0 Å². The SMILES string of the molecule is CC1CCCCN1CCCNc1ccc(Br)cc1N. The Kier molecular flexibility index (Phi) is 5.52. The van der Waals surface area contributed by atoms with E-state index in [1.165, 1.54) is 38.8 Å². The van der Waals surface area contributed by atoms with E-state index in [9.17, 15) is 0 Å². The molecule has 1 aromatic carbocycles. The molecule has 1 aliphatic rings. The second-order valence-corrected chi connectivity index (χ2v) is 6.31. The molecule has 1 unspecified atom stereocenters. The van der Waals surface area contributed by atoms with E-state index < -0.39 is 0 Å². The highest BCUT2D eigenvalue weighted by Crippen LogP contribution is 2.23. The highest BCUT2D eigenvalue weighted by atomic mass is 79.9. The predicted octanol–water partition coefficient (Wildman–Crippen LogP) is 3.71. The van der Waals surface area contributed by atoms with Gasteiger partial charge in [-0.2, -0.15) is 0 Å². The largest absolute Gasteiger partial charge is 0.397 e. The molecule has 3 nitrogen and oxygen atoms in total. The number of likely N-dealkylation sites (tertiary alicyclic amines) is 1. The van der Waals surface area contributed by atoms with Gasteiger partial charge in [0.05, 0.1) is 11.4 Å². The van der Waals surface area contributed by atoms with Gasteiger partial charge in [0.2, 0.25) is 0 Å². The van der Waals surface area contributed by atoms with Crippen molar-refractivity contribution in [3.63, 3.8) is 0 Å². The average Bonchev–Trinajstić information content (AvgIpc) is 2.38. The molecule has 0 bridgehead atoms. The maximum absolute atomic E-state index is 5.97. The summed E-state index contributed by atoms with van der Waals surface area (Å²) in [6.07, 6.45) is 5.27. The zero-order chi connectivity index (χ0) is 13.7. The van der Waals surface area contributed by atoms with Gasteiger partial charge in [0.25, 0.3) is 0 Å². The minimum absolute atomic E-state index is 0.756. The third-order valence-electron chi connectivity index (χ3n) is 3.89. The lowest BCUT2D eigenvalue weighted by Crippen LogP contribution is -2.38. The van der Waals surface area contributed by atoms with Gasteiger partial charge < -0.3 is 16.0 Å². The summed E-state index contributed by atoms with van der Waals surface area (Å²) in [6.45, 7) is 5.78. The van der Waals surface area contributed by atoms with E-state index in [1.807, 2.05) is 18.2 Å². The topological polar surface area (TPSA) is 41.3 Å². The van der Waals surface area contributed by atoms with Crippen molar-refractivity contribution in [3.05, 3.63) is 22.7 Å². The van der Waals surface area contributed by atoms with Gasteiger partial charge in [0.15, 0.2) is 0 Å². The van der Waals surface area contributed by atoms with Crippen LogP contribution in [0.5, 0.6) is 0 Å². The Morgan fingerprint density at radius 3 is 3.00 bits per heavy atom. The number of rotatable bonds is 5. The smallest absolute Gasteiger partial charge is 0.0574 e. The summed E-state index contributed by atoms with van der Waals surface area (Å²) in [4.78, 5) is 2.61. The fourth-order valence-corrected chi connectivity index (χ4v) is 3.07. The van der Waals surface area contributed by atoms with E-state index in [0.29, 0.717) is 0 Å². The molecule has 0 aromatic heterocycles. The molecule has 1 heterocycles. The summed E-state index contributed by atoms with van der Waals surface area (Å²) < 4.78 is 1.03. The zero-order valence-electron chi connectivity index (χ0n) is 11.7. The van der Waals surface area contributed by atoms with Crippen molar-refractivity contribution < 1.29 is 0 Å². The van der Waals surface area contributed by atoms with E-state index >= 15 is 0 Å². The molecular weight excluding hydrogens is 302 g/mol. The van der Waals surface area contributed by atoms with Crippen LogP contribution in [0.2, 0.25) is 0 Å². The maximum Gasteiger partial charge on any atom is 0.0574 e. The molecule has 0 amide bonds. The van der Waals surface area contributed by atoms with Crippen LogP contribution < -0.4 is 11.1 Å². The summed E-state index contributed by atoms with van der Waals surface area (Å²) in [5.74, 6) is 0. The van der Waals surface area contributed by atoms with Gasteiger partial charge in [-0.05, 0) is 50.9 Å². The third-order valence-corrected chi connectivity index (χ3v) is 4.38. The van der Waals surface area contributed by atoms with E-state index in [1.54, 1.807) is 0 Å². The zero-order valence-corrected chi connectivity index (χ0v) is 13.2. The summed E-state index contributed by atoms with van der Waals surface area (Å²) in [6, 6.07) is 6.75. The first kappa shape index (κ1) is 14.7. The fourth-order valence-electron chi connectivity index (χ4n) is 2.69. The molecular formula is C15H24BrN3. The summed E-state index contributed by atoms with van der Waals surface area (Å²) in [7, 11) is 0. The molecule has 1 saturated heterocycles. The van der Waals surface area contributed by atoms with Gasteiger partial charge in [0, 0.05) is 23.6 Å². The van der Waals surface area contributed by atoms with Crippen LogP contribution >= 0.6 is 15.9 Å². The van der Waals surface area contributed by atoms with Crippen molar-refractivity contribution in [2.75, 3.05) is 30.7 Å². The Morgan fingerprint density at radius 1 is 1.42 bits per heavy atom. The van der Waals surface area contributed by atoms with Crippen LogP contribution in [0.25, 0.3) is 0 Å². The molecule has 4 heteroatoms. The number of nitrogens with zero attached hydrogens (tertiary/aromatic N) is 1. The molecule has 0 radical (unpaired) electrons. The minimum Gasteiger partial charge on any atom is -0.397 e. The lowest BCUT2D eigenvalue weighted by atomic mass is 10.0. The van der Waals surface area contributed by atoms with Crippen LogP contribution in [-0.4, -0.2) is 30.6 Å². The molecule has 1 aromatic rings. The second kappa shape index (κ2) is 7.15. The van der Waals surface area contributed by atoms with Crippen LogP contribution in [-0.2, 0) is 0 Å². The Labute approximate surface area is 124 Å². The molecule has 0 aliphatic carbocycles. The Morgan fingerprint density at radius 2 is 2.26 bits per heavy atom. The first-order valence-electron chi connectivity index (χ1n) is 7.20. The number of nitrogens with one attached hydrogen (secondary N) is 1. The predicted molar refractivity (Wildman–Crippen MR) is 86.5 cm³/mol. The first-order valence-corrected chi connectivity index (χ1v) is 7.99. The molecule has 1 atom stereocenters. The standard InChI is InChI=1S/C15H24BrN3/c1-12-5-2-3-9-19(12)10-4-8-18-15-7-6-13(16)11-14(15)17/h6-7,11-12,18H,2-5,8-10,17H2,1H3. The molecule has 3 N–H and O–H groups in total. The van der Waals surface area contributed by atoms with Gasteiger partial charge in [-0.15, -0.1) is 0 Å². The van der Waals surface area contributed by atoms with Gasteiger partial charge in [-0.25, -0.2) is 0 Å². The Bertz CT molecular complexity index is 408. The van der Waals surface area contributed by atoms with E-state index in [2.05, 4.69) is 33.1 Å². The number of anilines is 2. The van der Waals surface area contributed by atoms with Crippen LogP contribution in [0.4, 0.5) is 11.4 Å². The number of hydrogen-bond donors (Lipinski definition) is 2. The van der Waals surface area contributed by atoms with Crippen molar-refractivity contribution in [1.29, 1.82) is 0 Å². The third kappa shape index (κ3) is 4.39. The van der Waals surface area contributed by atoms with E-state index in [4.69, 9.17) is 5.73 Å². The van der Waals surface area contributed by atoms with Crippen molar-refractivity contribution in [2.24, 2.45) is 0 Å². The molecule has 0 saturated carbocycles. The first-order chi connectivity index (χ1) is 9.16. The lowest BCUT2D eigenvalue weighted by Gasteiger charge is -2.33. The second-order valence-electron chi connectivity index (χ2n) is 5.39. The normalized spacial score (nSPS) is 20.4. The van der Waals surface area contributed by atoms with Crippen LogP contribution in [0.1, 0.15) is 32.6 Å². The maximum atomic E-state index is 5.97. The molecule has 106 valence electrons. The fraction of sp³-hybridized carbons (Fsp3) is 0.600. The van der Waals surface area contributed by atoms with Crippen LogP contribution in [0.15, 0.2) is 22.7 Å². The number of nitrogen functional groups attached to an aromatic ring is 1. The van der Waals surface area contributed by atoms with Crippen molar-refractivity contribution >= 4 is 27.3 Å².